The third-order valence-electron chi connectivity index (χ3n) is 3.99. The van der Waals surface area contributed by atoms with Crippen LogP contribution in [-0.2, 0) is 10.0 Å². The normalized spacial score (nSPS) is 15.6. The summed E-state index contributed by atoms with van der Waals surface area (Å²) in [5.41, 5.74) is 0.887. The number of nitrogens with zero attached hydrogens (tertiary/aromatic N) is 1. The summed E-state index contributed by atoms with van der Waals surface area (Å²) in [6.07, 6.45) is -0.655. The fourth-order valence-corrected chi connectivity index (χ4v) is 3.99. The molecule has 0 aliphatic carbocycles. The highest BCUT2D eigenvalue weighted by atomic mass is 32.2. The number of rotatable bonds is 4. The maximum atomic E-state index is 13.6. The molecular formula is C17H17FN2O4S. The zero-order valence-electron chi connectivity index (χ0n) is 13.4. The largest absolute Gasteiger partial charge is 0.390 e. The van der Waals surface area contributed by atoms with E-state index >= 15 is 0 Å². The highest BCUT2D eigenvalue weighted by Crippen LogP contribution is 2.23. The Morgan fingerprint density at radius 2 is 1.96 bits per heavy atom. The maximum absolute atomic E-state index is 13.6. The van der Waals surface area contributed by atoms with E-state index in [0.717, 1.165) is 4.31 Å². The van der Waals surface area contributed by atoms with Gasteiger partial charge in [-0.3, -0.25) is 4.79 Å². The Bertz CT molecular complexity index is 924. The molecule has 0 unspecified atom stereocenters. The molecule has 1 aliphatic rings. The zero-order chi connectivity index (χ0) is 18.2. The van der Waals surface area contributed by atoms with Gasteiger partial charge in [-0.2, -0.15) is 4.31 Å². The molecule has 132 valence electrons. The monoisotopic (exact) mass is 364 g/mol. The molecule has 8 heteroatoms. The quantitative estimate of drug-likeness (QED) is 0.865. The second kappa shape index (κ2) is 6.55. The number of carbonyl (C=O) groups excluding carboxylic acids is 1. The average molecular weight is 364 g/mol. The van der Waals surface area contributed by atoms with E-state index in [0.29, 0.717) is 5.56 Å². The molecule has 2 N–H and O–H groups in total. The first kappa shape index (κ1) is 17.5. The summed E-state index contributed by atoms with van der Waals surface area (Å²) >= 11 is 0. The summed E-state index contributed by atoms with van der Waals surface area (Å²) in [5.74, 6) is -0.977. The fourth-order valence-electron chi connectivity index (χ4n) is 2.43. The molecule has 25 heavy (non-hydrogen) atoms. The lowest BCUT2D eigenvalue weighted by Crippen LogP contribution is -2.53. The first-order valence-electron chi connectivity index (χ1n) is 7.63. The van der Waals surface area contributed by atoms with Crippen LogP contribution in [0.4, 0.5) is 10.1 Å². The van der Waals surface area contributed by atoms with Crippen LogP contribution in [0, 0.1) is 12.7 Å². The number of carbonyl (C=O) groups is 1. The van der Waals surface area contributed by atoms with Gasteiger partial charge in [-0.05, 0) is 42.8 Å². The number of amides is 1. The minimum absolute atomic E-state index is 0.0258. The van der Waals surface area contributed by atoms with Crippen molar-refractivity contribution in [3.05, 3.63) is 59.4 Å². The molecule has 2 aromatic carbocycles. The molecular weight excluding hydrogens is 347 g/mol. The Hall–Kier alpha value is -2.29. The van der Waals surface area contributed by atoms with Crippen molar-refractivity contribution in [2.24, 2.45) is 0 Å². The molecule has 1 amide bonds. The van der Waals surface area contributed by atoms with E-state index in [1.807, 2.05) is 0 Å². The van der Waals surface area contributed by atoms with Gasteiger partial charge in [0, 0.05) is 24.3 Å². The van der Waals surface area contributed by atoms with Gasteiger partial charge in [0.05, 0.1) is 11.0 Å². The fraction of sp³-hybridized carbons (Fsp3) is 0.235. The summed E-state index contributed by atoms with van der Waals surface area (Å²) in [5, 5.41) is 11.8. The second-order valence-corrected chi connectivity index (χ2v) is 7.86. The number of halogens is 1. The number of β-amino-alcohol motifs (C(OH)–C–C–N with tert-alkyl or cyclic N) is 1. The molecule has 0 saturated carbocycles. The lowest BCUT2D eigenvalue weighted by molar-refractivity contribution is 0.0548. The third kappa shape index (κ3) is 3.55. The van der Waals surface area contributed by atoms with Gasteiger partial charge < -0.3 is 10.4 Å². The van der Waals surface area contributed by atoms with Crippen LogP contribution in [0.5, 0.6) is 0 Å². The first-order chi connectivity index (χ1) is 11.8. The van der Waals surface area contributed by atoms with E-state index in [2.05, 4.69) is 5.32 Å². The lowest BCUT2D eigenvalue weighted by Gasteiger charge is -2.34. The Morgan fingerprint density at radius 3 is 2.60 bits per heavy atom. The lowest BCUT2D eigenvalue weighted by atomic mass is 10.2. The van der Waals surface area contributed by atoms with Crippen LogP contribution in [0.25, 0.3) is 0 Å². The first-order valence-corrected chi connectivity index (χ1v) is 9.07. The van der Waals surface area contributed by atoms with Crippen molar-refractivity contribution in [2.45, 2.75) is 17.9 Å². The van der Waals surface area contributed by atoms with Crippen LogP contribution in [-0.4, -0.2) is 42.9 Å². The number of hydrogen-bond donors (Lipinski definition) is 2. The number of aliphatic hydroxyl groups is 1. The van der Waals surface area contributed by atoms with Crippen LogP contribution < -0.4 is 5.32 Å². The van der Waals surface area contributed by atoms with Crippen LogP contribution in [0.3, 0.4) is 0 Å². The van der Waals surface area contributed by atoms with Crippen LogP contribution in [0.15, 0.2) is 47.4 Å². The van der Waals surface area contributed by atoms with Crippen LogP contribution in [0.1, 0.15) is 15.9 Å². The van der Waals surface area contributed by atoms with E-state index in [9.17, 15) is 22.7 Å². The Balaban J connectivity index is 1.81. The number of aryl methyl sites for hydroxylation is 1. The third-order valence-corrected chi connectivity index (χ3v) is 5.82. The minimum atomic E-state index is -3.74. The molecule has 0 spiro atoms. The van der Waals surface area contributed by atoms with Crippen molar-refractivity contribution in [3.63, 3.8) is 0 Å². The standard InChI is InChI=1S/C17H17FN2O4S/c1-11-5-6-13(8-16(11)18)19-17(22)12-3-2-4-15(7-12)25(23,24)20-9-14(21)10-20/h2-8,14,21H,9-10H2,1H3,(H,19,22). The number of aliphatic hydroxyl groups excluding tert-OH is 1. The average Bonchev–Trinajstić information content (AvgIpc) is 2.55. The molecule has 0 atom stereocenters. The van der Waals surface area contributed by atoms with E-state index in [1.54, 1.807) is 19.1 Å². The number of nitrogens with one attached hydrogen (secondary N) is 1. The summed E-state index contributed by atoms with van der Waals surface area (Å²) in [6.45, 7) is 1.70. The highest BCUT2D eigenvalue weighted by Gasteiger charge is 2.35. The molecule has 2 aromatic rings. The van der Waals surface area contributed by atoms with Crippen molar-refractivity contribution in [1.29, 1.82) is 0 Å². The van der Waals surface area contributed by atoms with Gasteiger partial charge in [0.1, 0.15) is 5.82 Å². The van der Waals surface area contributed by atoms with Crippen molar-refractivity contribution in [1.82, 2.24) is 4.31 Å². The maximum Gasteiger partial charge on any atom is 0.255 e. The van der Waals surface area contributed by atoms with Gasteiger partial charge in [0.15, 0.2) is 0 Å². The number of sulfonamides is 1. The van der Waals surface area contributed by atoms with Gasteiger partial charge in [0.25, 0.3) is 5.91 Å². The molecule has 1 heterocycles. The van der Waals surface area contributed by atoms with Gasteiger partial charge >= 0.3 is 0 Å². The van der Waals surface area contributed by atoms with Crippen molar-refractivity contribution < 1.29 is 22.7 Å². The Morgan fingerprint density at radius 1 is 1.24 bits per heavy atom. The van der Waals surface area contributed by atoms with E-state index in [1.165, 1.54) is 30.3 Å². The summed E-state index contributed by atoms with van der Waals surface area (Å²) in [7, 11) is -3.74. The van der Waals surface area contributed by atoms with E-state index in [4.69, 9.17) is 0 Å². The molecule has 6 nitrogen and oxygen atoms in total. The molecule has 1 fully saturated rings. The Kier molecular flexibility index (Phi) is 4.59. The Labute approximate surface area is 144 Å². The summed E-state index contributed by atoms with van der Waals surface area (Å²) in [6, 6.07) is 9.91. The summed E-state index contributed by atoms with van der Waals surface area (Å²) in [4.78, 5) is 12.3. The highest BCUT2D eigenvalue weighted by molar-refractivity contribution is 7.89. The van der Waals surface area contributed by atoms with Crippen molar-refractivity contribution >= 4 is 21.6 Å². The molecule has 3 rings (SSSR count). The van der Waals surface area contributed by atoms with Gasteiger partial charge in [-0.15, -0.1) is 0 Å². The molecule has 1 saturated heterocycles. The molecule has 0 bridgehead atoms. The zero-order valence-corrected chi connectivity index (χ0v) is 14.3. The number of anilines is 1. The van der Waals surface area contributed by atoms with Gasteiger partial charge in [-0.1, -0.05) is 12.1 Å². The van der Waals surface area contributed by atoms with Gasteiger partial charge in [-0.25, -0.2) is 12.8 Å². The number of benzene rings is 2. The van der Waals surface area contributed by atoms with Crippen LogP contribution in [0.2, 0.25) is 0 Å². The number of hydrogen-bond acceptors (Lipinski definition) is 4. The minimum Gasteiger partial charge on any atom is -0.390 e. The molecule has 0 radical (unpaired) electrons. The van der Waals surface area contributed by atoms with Crippen molar-refractivity contribution in [3.8, 4) is 0 Å². The van der Waals surface area contributed by atoms with E-state index in [-0.39, 0.29) is 29.2 Å². The summed E-state index contributed by atoms with van der Waals surface area (Å²) < 4.78 is 39.5. The SMILES string of the molecule is Cc1ccc(NC(=O)c2cccc(S(=O)(=O)N3CC(O)C3)c2)cc1F. The molecule has 1 aliphatic heterocycles. The molecule has 0 aromatic heterocycles. The van der Waals surface area contributed by atoms with Crippen LogP contribution >= 0.6 is 0 Å². The second-order valence-electron chi connectivity index (χ2n) is 5.92. The smallest absolute Gasteiger partial charge is 0.255 e. The van der Waals surface area contributed by atoms with E-state index < -0.39 is 27.9 Å². The van der Waals surface area contributed by atoms with Gasteiger partial charge in [0.2, 0.25) is 10.0 Å². The predicted molar refractivity (Wildman–Crippen MR) is 90.3 cm³/mol. The predicted octanol–water partition coefficient (Wildman–Crippen LogP) is 1.75. The topological polar surface area (TPSA) is 86.7 Å². The van der Waals surface area contributed by atoms with Crippen molar-refractivity contribution in [2.75, 3.05) is 18.4 Å².